The van der Waals surface area contributed by atoms with E-state index in [1.165, 1.54) is 57.2 Å². The van der Waals surface area contributed by atoms with Crippen LogP contribution in [0.2, 0.25) is 0 Å². The van der Waals surface area contributed by atoms with Crippen molar-refractivity contribution < 1.29 is 9.47 Å². The summed E-state index contributed by atoms with van der Waals surface area (Å²) in [7, 11) is 0. The Bertz CT molecular complexity index is 496. The predicted octanol–water partition coefficient (Wildman–Crippen LogP) is 4.02. The van der Waals surface area contributed by atoms with E-state index in [4.69, 9.17) is 9.47 Å². The summed E-state index contributed by atoms with van der Waals surface area (Å²) >= 11 is 0. The van der Waals surface area contributed by atoms with Gasteiger partial charge in [-0.25, -0.2) is 0 Å². The fourth-order valence-corrected chi connectivity index (χ4v) is 5.00. The van der Waals surface area contributed by atoms with Crippen molar-refractivity contribution >= 4 is 0 Å². The second-order valence-electron chi connectivity index (χ2n) is 7.78. The second kappa shape index (κ2) is 7.55. The highest BCUT2D eigenvalue weighted by atomic mass is 16.7. The van der Waals surface area contributed by atoms with Gasteiger partial charge in [-0.15, -0.1) is 0 Å². The van der Waals surface area contributed by atoms with Crippen LogP contribution in [-0.4, -0.2) is 43.0 Å². The predicted molar refractivity (Wildman–Crippen MR) is 96.0 cm³/mol. The molecule has 1 unspecified atom stereocenters. The largest absolute Gasteiger partial charge is 0.348 e. The highest BCUT2D eigenvalue weighted by Crippen LogP contribution is 2.41. The van der Waals surface area contributed by atoms with Gasteiger partial charge in [-0.05, 0) is 63.1 Å². The quantitative estimate of drug-likeness (QED) is 0.814. The Kier molecular flexibility index (Phi) is 5.21. The number of likely N-dealkylation sites (tertiary alicyclic amines) is 1. The number of ether oxygens (including phenoxy) is 2. The van der Waals surface area contributed by atoms with E-state index in [2.05, 4.69) is 35.2 Å². The first-order valence-electron chi connectivity index (χ1n) is 9.91. The lowest BCUT2D eigenvalue weighted by molar-refractivity contribution is -0.185. The van der Waals surface area contributed by atoms with Gasteiger partial charge in [-0.1, -0.05) is 30.3 Å². The zero-order chi connectivity index (χ0) is 16.2. The molecule has 0 bridgehead atoms. The Morgan fingerprint density at radius 1 is 1.00 bits per heavy atom. The molecule has 0 amide bonds. The first-order chi connectivity index (χ1) is 11.8. The molecule has 3 fully saturated rings. The third kappa shape index (κ3) is 3.68. The molecule has 2 aliphatic heterocycles. The van der Waals surface area contributed by atoms with Crippen molar-refractivity contribution in [1.29, 1.82) is 0 Å². The molecule has 24 heavy (non-hydrogen) atoms. The van der Waals surface area contributed by atoms with Gasteiger partial charge in [0.2, 0.25) is 0 Å². The summed E-state index contributed by atoms with van der Waals surface area (Å²) in [4.78, 5) is 2.78. The monoisotopic (exact) mass is 329 g/mol. The smallest absolute Gasteiger partial charge is 0.168 e. The Hall–Kier alpha value is -0.900. The van der Waals surface area contributed by atoms with E-state index < -0.39 is 0 Å². The molecule has 1 aliphatic carbocycles. The van der Waals surface area contributed by atoms with E-state index >= 15 is 0 Å². The summed E-state index contributed by atoms with van der Waals surface area (Å²) in [6.45, 7) is 4.17. The van der Waals surface area contributed by atoms with Crippen molar-refractivity contribution in [1.82, 2.24) is 4.90 Å². The molecule has 132 valence electrons. The molecule has 1 saturated carbocycles. The maximum Gasteiger partial charge on any atom is 0.168 e. The minimum atomic E-state index is -0.217. The molecule has 0 N–H and O–H groups in total. The molecule has 0 radical (unpaired) electrons. The lowest BCUT2D eigenvalue weighted by Crippen LogP contribution is -2.44. The summed E-state index contributed by atoms with van der Waals surface area (Å²) in [6.07, 6.45) is 9.96. The van der Waals surface area contributed by atoms with Crippen molar-refractivity contribution in [3.63, 3.8) is 0 Å². The highest BCUT2D eigenvalue weighted by molar-refractivity contribution is 5.15. The van der Waals surface area contributed by atoms with E-state index in [1.54, 1.807) is 0 Å². The van der Waals surface area contributed by atoms with Crippen LogP contribution in [-0.2, 0) is 15.9 Å². The van der Waals surface area contributed by atoms with Gasteiger partial charge < -0.3 is 14.4 Å². The van der Waals surface area contributed by atoms with Crippen molar-refractivity contribution in [2.45, 2.75) is 63.2 Å². The fourth-order valence-electron chi connectivity index (χ4n) is 5.00. The number of benzene rings is 1. The zero-order valence-electron chi connectivity index (χ0n) is 14.8. The van der Waals surface area contributed by atoms with Crippen molar-refractivity contribution in [2.24, 2.45) is 5.92 Å². The lowest BCUT2D eigenvalue weighted by Gasteiger charge is -2.41. The molecule has 1 atom stereocenters. The summed E-state index contributed by atoms with van der Waals surface area (Å²) in [6, 6.07) is 11.7. The molecule has 0 aromatic heterocycles. The molecule has 2 heterocycles. The number of nitrogens with zero attached hydrogens (tertiary/aromatic N) is 1. The molecule has 2 saturated heterocycles. The van der Waals surface area contributed by atoms with Crippen molar-refractivity contribution in [3.05, 3.63) is 35.9 Å². The molecule has 4 rings (SSSR count). The van der Waals surface area contributed by atoms with Gasteiger partial charge in [0.25, 0.3) is 0 Å². The third-order valence-corrected chi connectivity index (χ3v) is 6.33. The van der Waals surface area contributed by atoms with Gasteiger partial charge in [0.05, 0.1) is 13.2 Å². The van der Waals surface area contributed by atoms with E-state index in [9.17, 15) is 0 Å². The minimum absolute atomic E-state index is 0.217. The van der Waals surface area contributed by atoms with Crippen LogP contribution in [0.5, 0.6) is 0 Å². The van der Waals surface area contributed by atoms with Gasteiger partial charge in [-0.3, -0.25) is 0 Å². The fraction of sp³-hybridized carbons (Fsp3) is 0.714. The number of aryl methyl sites for hydroxylation is 1. The van der Waals surface area contributed by atoms with Gasteiger partial charge >= 0.3 is 0 Å². The highest BCUT2D eigenvalue weighted by Gasteiger charge is 2.42. The Morgan fingerprint density at radius 3 is 2.33 bits per heavy atom. The summed E-state index contributed by atoms with van der Waals surface area (Å²) in [5.74, 6) is 0.594. The molecule has 1 aromatic rings. The Labute approximate surface area is 146 Å². The van der Waals surface area contributed by atoms with E-state index in [0.717, 1.165) is 38.0 Å². The number of hydrogen-bond donors (Lipinski definition) is 0. The van der Waals surface area contributed by atoms with Gasteiger partial charge in [-0.2, -0.15) is 0 Å². The molecule has 3 nitrogen and oxygen atoms in total. The number of hydrogen-bond acceptors (Lipinski definition) is 3. The van der Waals surface area contributed by atoms with Crippen LogP contribution in [0.3, 0.4) is 0 Å². The molecule has 1 spiro atoms. The molecular formula is C21H31NO2. The molecule has 3 heteroatoms. The topological polar surface area (TPSA) is 21.7 Å². The van der Waals surface area contributed by atoms with Crippen molar-refractivity contribution in [3.8, 4) is 0 Å². The third-order valence-electron chi connectivity index (χ3n) is 6.33. The van der Waals surface area contributed by atoms with Crippen LogP contribution in [0.15, 0.2) is 30.3 Å². The van der Waals surface area contributed by atoms with Gasteiger partial charge in [0.15, 0.2) is 5.79 Å². The van der Waals surface area contributed by atoms with Gasteiger partial charge in [0, 0.05) is 18.9 Å². The van der Waals surface area contributed by atoms with Crippen LogP contribution < -0.4 is 0 Å². The van der Waals surface area contributed by atoms with Crippen LogP contribution in [0.1, 0.15) is 50.5 Å². The maximum atomic E-state index is 5.93. The first-order valence-corrected chi connectivity index (χ1v) is 9.91. The lowest BCUT2D eigenvalue weighted by atomic mass is 9.78. The van der Waals surface area contributed by atoms with Crippen LogP contribution in [0.4, 0.5) is 0 Å². The van der Waals surface area contributed by atoms with Crippen LogP contribution in [0, 0.1) is 5.92 Å². The number of rotatable bonds is 5. The van der Waals surface area contributed by atoms with E-state index in [0.29, 0.717) is 0 Å². The zero-order valence-corrected chi connectivity index (χ0v) is 14.8. The average molecular weight is 329 g/mol. The standard InChI is InChI=1S/C21H31NO2/c1-2-6-18(7-3-1)8-9-20(22-14-4-5-15-22)19-10-12-21(13-11-19)23-16-17-24-21/h1-3,6-7,19-20H,4-5,8-17H2. The maximum absolute atomic E-state index is 5.93. The van der Waals surface area contributed by atoms with E-state index in [1.807, 2.05) is 0 Å². The van der Waals surface area contributed by atoms with Crippen molar-refractivity contribution in [2.75, 3.05) is 26.3 Å². The SMILES string of the molecule is c1ccc(CCC(C2CCC3(CC2)OCCO3)N2CCCC2)cc1. The molecule has 3 aliphatic rings. The van der Waals surface area contributed by atoms with Crippen LogP contribution in [0.25, 0.3) is 0 Å². The minimum Gasteiger partial charge on any atom is -0.348 e. The summed E-state index contributed by atoms with van der Waals surface area (Å²) in [5, 5.41) is 0. The Balaban J connectivity index is 1.39. The Morgan fingerprint density at radius 2 is 1.67 bits per heavy atom. The van der Waals surface area contributed by atoms with Gasteiger partial charge in [0.1, 0.15) is 0 Å². The summed E-state index contributed by atoms with van der Waals surface area (Å²) < 4.78 is 11.9. The first kappa shape index (κ1) is 16.6. The normalized spacial score (nSPS) is 26.2. The summed E-state index contributed by atoms with van der Waals surface area (Å²) in [5.41, 5.74) is 1.48. The average Bonchev–Trinajstić information content (AvgIpc) is 3.30. The molecule has 1 aromatic carbocycles. The molecular weight excluding hydrogens is 298 g/mol. The second-order valence-corrected chi connectivity index (χ2v) is 7.78. The van der Waals surface area contributed by atoms with Crippen LogP contribution >= 0.6 is 0 Å². The van der Waals surface area contributed by atoms with E-state index in [-0.39, 0.29) is 5.79 Å².